The zero-order chi connectivity index (χ0) is 15.6. The number of hydrogen-bond donors (Lipinski definition) is 2. The van der Waals surface area contributed by atoms with Gasteiger partial charge in [-0.05, 0) is 24.5 Å². The van der Waals surface area contributed by atoms with Crippen LogP contribution in [0.1, 0.15) is 30.9 Å². The Labute approximate surface area is 119 Å². The minimum atomic E-state index is -3.02. The third kappa shape index (κ3) is 3.11. The van der Waals surface area contributed by atoms with Gasteiger partial charge in [-0.2, -0.15) is 8.78 Å². The van der Waals surface area contributed by atoms with Gasteiger partial charge in [0.2, 0.25) is 12.3 Å². The average Bonchev–Trinajstić information content (AvgIpc) is 2.35. The second-order valence-corrected chi connectivity index (χ2v) is 5.24. The van der Waals surface area contributed by atoms with Crippen LogP contribution in [0, 0.1) is 5.41 Å². The molecule has 0 saturated heterocycles. The lowest BCUT2D eigenvalue weighted by Gasteiger charge is -2.47. The molecule has 1 fully saturated rings. The minimum absolute atomic E-state index is 0.311. The van der Waals surface area contributed by atoms with E-state index in [9.17, 15) is 17.6 Å². The molecule has 118 valence electrons. The maximum atomic E-state index is 13.2. The fraction of sp³-hybridized carbons (Fsp3) is 0.615. The van der Waals surface area contributed by atoms with Crippen LogP contribution in [0.3, 0.4) is 0 Å². The number of aromatic nitrogens is 1. The standard InChI is InChI=1S/C13H17F4N3O/c14-11(15)13(3-1-4-13)10(19)9(18)7-2-5-20-8(6-7)21-12(16)17/h2,5-6,9-12H,1,3-4,18-19H2. The second kappa shape index (κ2) is 6.15. The molecule has 1 aromatic rings. The minimum Gasteiger partial charge on any atom is -0.417 e. The van der Waals surface area contributed by atoms with E-state index < -0.39 is 30.5 Å². The van der Waals surface area contributed by atoms with Gasteiger partial charge in [-0.25, -0.2) is 13.8 Å². The quantitative estimate of drug-likeness (QED) is 0.792. The van der Waals surface area contributed by atoms with E-state index in [4.69, 9.17) is 11.5 Å². The molecule has 0 aromatic carbocycles. The number of alkyl halides is 4. The van der Waals surface area contributed by atoms with Crippen molar-refractivity contribution in [2.75, 3.05) is 0 Å². The number of halogens is 4. The van der Waals surface area contributed by atoms with Gasteiger partial charge >= 0.3 is 6.61 Å². The summed E-state index contributed by atoms with van der Waals surface area (Å²) in [5.41, 5.74) is 10.9. The number of rotatable bonds is 6. The summed E-state index contributed by atoms with van der Waals surface area (Å²) in [6.07, 6.45) is -0.0299. The fourth-order valence-electron chi connectivity index (χ4n) is 2.63. The lowest BCUT2D eigenvalue weighted by Crippen LogP contribution is -2.56. The first-order chi connectivity index (χ1) is 9.86. The number of ether oxygens (including phenoxy) is 1. The zero-order valence-electron chi connectivity index (χ0n) is 11.2. The molecule has 21 heavy (non-hydrogen) atoms. The normalized spacial score (nSPS) is 20.2. The Morgan fingerprint density at radius 3 is 2.33 bits per heavy atom. The van der Waals surface area contributed by atoms with Gasteiger partial charge in [-0.15, -0.1) is 0 Å². The third-order valence-corrected chi connectivity index (χ3v) is 4.12. The molecule has 1 aliphatic carbocycles. The summed E-state index contributed by atoms with van der Waals surface area (Å²) >= 11 is 0. The Morgan fingerprint density at radius 1 is 1.19 bits per heavy atom. The Hall–Kier alpha value is -1.41. The van der Waals surface area contributed by atoms with Crippen molar-refractivity contribution >= 4 is 0 Å². The Balaban J connectivity index is 2.17. The maximum absolute atomic E-state index is 13.2. The van der Waals surface area contributed by atoms with Crippen LogP contribution in [0.2, 0.25) is 0 Å². The van der Waals surface area contributed by atoms with Crippen molar-refractivity contribution in [1.82, 2.24) is 4.98 Å². The van der Waals surface area contributed by atoms with E-state index in [1.807, 2.05) is 0 Å². The van der Waals surface area contributed by atoms with Gasteiger partial charge in [0.05, 0.1) is 0 Å². The highest BCUT2D eigenvalue weighted by Crippen LogP contribution is 2.50. The summed E-state index contributed by atoms with van der Waals surface area (Å²) in [5.74, 6) is -0.315. The predicted molar refractivity (Wildman–Crippen MR) is 68.1 cm³/mol. The number of hydrogen-bond acceptors (Lipinski definition) is 4. The lowest BCUT2D eigenvalue weighted by molar-refractivity contribution is -0.0827. The number of pyridine rings is 1. The summed E-state index contributed by atoms with van der Waals surface area (Å²) in [6.45, 7) is -3.02. The molecular formula is C13H17F4N3O. The highest BCUT2D eigenvalue weighted by Gasteiger charge is 2.51. The van der Waals surface area contributed by atoms with Crippen LogP contribution in [0.4, 0.5) is 17.6 Å². The number of nitrogens with two attached hydrogens (primary N) is 2. The van der Waals surface area contributed by atoms with Crippen molar-refractivity contribution in [1.29, 1.82) is 0 Å². The van der Waals surface area contributed by atoms with Gasteiger partial charge < -0.3 is 16.2 Å². The van der Waals surface area contributed by atoms with E-state index in [0.29, 0.717) is 24.8 Å². The van der Waals surface area contributed by atoms with Crippen LogP contribution < -0.4 is 16.2 Å². The van der Waals surface area contributed by atoms with Crippen molar-refractivity contribution < 1.29 is 22.3 Å². The highest BCUT2D eigenvalue weighted by atomic mass is 19.3. The van der Waals surface area contributed by atoms with Gasteiger partial charge in [-0.1, -0.05) is 6.42 Å². The molecule has 0 aliphatic heterocycles. The smallest absolute Gasteiger partial charge is 0.388 e. The van der Waals surface area contributed by atoms with E-state index >= 15 is 0 Å². The molecule has 8 heteroatoms. The van der Waals surface area contributed by atoms with Gasteiger partial charge in [-0.3, -0.25) is 0 Å². The molecule has 1 aliphatic rings. The summed E-state index contributed by atoms with van der Waals surface area (Å²) in [6, 6.07) is 0.797. The van der Waals surface area contributed by atoms with Crippen LogP contribution in [-0.4, -0.2) is 24.1 Å². The van der Waals surface area contributed by atoms with E-state index in [1.165, 1.54) is 18.3 Å². The molecule has 1 saturated carbocycles. The predicted octanol–water partition coefficient (Wildman–Crippen LogP) is 2.45. The average molecular weight is 307 g/mol. The fourth-order valence-corrected chi connectivity index (χ4v) is 2.63. The molecule has 0 spiro atoms. The van der Waals surface area contributed by atoms with Gasteiger partial charge in [0.15, 0.2) is 0 Å². The van der Waals surface area contributed by atoms with Crippen LogP contribution in [-0.2, 0) is 0 Å². The molecule has 4 N–H and O–H groups in total. The molecule has 1 heterocycles. The lowest BCUT2D eigenvalue weighted by atomic mass is 9.62. The maximum Gasteiger partial charge on any atom is 0.388 e. The largest absolute Gasteiger partial charge is 0.417 e. The van der Waals surface area contributed by atoms with E-state index in [0.717, 1.165) is 0 Å². The molecule has 0 radical (unpaired) electrons. The van der Waals surface area contributed by atoms with Crippen LogP contribution in [0.5, 0.6) is 5.88 Å². The van der Waals surface area contributed by atoms with E-state index in [-0.39, 0.29) is 5.88 Å². The van der Waals surface area contributed by atoms with Crippen molar-refractivity contribution in [3.05, 3.63) is 23.9 Å². The Morgan fingerprint density at radius 2 is 1.86 bits per heavy atom. The van der Waals surface area contributed by atoms with Crippen molar-refractivity contribution in [3.63, 3.8) is 0 Å². The summed E-state index contributed by atoms with van der Waals surface area (Å²) in [7, 11) is 0. The SMILES string of the molecule is NC(c1ccnc(OC(F)F)c1)C(N)C1(C(F)F)CCC1. The summed E-state index contributed by atoms with van der Waals surface area (Å²) in [5, 5.41) is 0. The zero-order valence-corrected chi connectivity index (χ0v) is 11.2. The highest BCUT2D eigenvalue weighted by molar-refractivity contribution is 5.26. The Bertz CT molecular complexity index is 482. The van der Waals surface area contributed by atoms with E-state index in [1.54, 1.807) is 0 Å². The summed E-state index contributed by atoms with van der Waals surface area (Å²) < 4.78 is 55.0. The molecule has 1 aromatic heterocycles. The van der Waals surface area contributed by atoms with Crippen molar-refractivity contribution in [3.8, 4) is 5.88 Å². The number of nitrogens with zero attached hydrogens (tertiary/aromatic N) is 1. The van der Waals surface area contributed by atoms with Gasteiger partial charge in [0.1, 0.15) is 0 Å². The van der Waals surface area contributed by atoms with Crippen LogP contribution >= 0.6 is 0 Å². The second-order valence-electron chi connectivity index (χ2n) is 5.24. The van der Waals surface area contributed by atoms with Crippen LogP contribution in [0.25, 0.3) is 0 Å². The first-order valence-corrected chi connectivity index (χ1v) is 6.57. The molecule has 0 bridgehead atoms. The molecule has 2 rings (SSSR count). The molecule has 4 nitrogen and oxygen atoms in total. The summed E-state index contributed by atoms with van der Waals surface area (Å²) in [4.78, 5) is 3.61. The van der Waals surface area contributed by atoms with Gasteiger partial charge in [0, 0.05) is 29.8 Å². The topological polar surface area (TPSA) is 74.2 Å². The Kier molecular flexibility index (Phi) is 4.67. The van der Waals surface area contributed by atoms with Gasteiger partial charge in [0.25, 0.3) is 0 Å². The van der Waals surface area contributed by atoms with Crippen LogP contribution in [0.15, 0.2) is 18.3 Å². The first kappa shape index (κ1) is 16.0. The molecule has 2 atom stereocenters. The monoisotopic (exact) mass is 307 g/mol. The van der Waals surface area contributed by atoms with Crippen molar-refractivity contribution in [2.45, 2.75) is 44.4 Å². The van der Waals surface area contributed by atoms with E-state index in [2.05, 4.69) is 9.72 Å². The third-order valence-electron chi connectivity index (χ3n) is 4.12. The molecular weight excluding hydrogens is 290 g/mol. The molecule has 0 amide bonds. The molecule has 2 unspecified atom stereocenters. The van der Waals surface area contributed by atoms with Crippen molar-refractivity contribution in [2.24, 2.45) is 16.9 Å². The first-order valence-electron chi connectivity index (χ1n) is 6.57.